The van der Waals surface area contributed by atoms with Gasteiger partial charge in [-0.05, 0) is 50.1 Å². The average Bonchev–Trinajstić information content (AvgIpc) is 2.83. The van der Waals surface area contributed by atoms with Crippen molar-refractivity contribution in [2.24, 2.45) is 0 Å². The first-order valence-electron chi connectivity index (χ1n) is 11.5. The number of carbonyl (C=O) groups is 1. The second-order valence-corrected chi connectivity index (χ2v) is 10.0. The summed E-state index contributed by atoms with van der Waals surface area (Å²) in [5.41, 5.74) is 4.29. The van der Waals surface area contributed by atoms with Crippen molar-refractivity contribution in [1.82, 2.24) is 15.3 Å². The number of thioether (sulfide) groups is 1. The number of carbonyl (C=O) groups excluding carboxylic acids is 1. The van der Waals surface area contributed by atoms with Crippen LogP contribution in [0.25, 0.3) is 0 Å². The molecule has 8 heteroatoms. The van der Waals surface area contributed by atoms with Gasteiger partial charge in [-0.15, -0.1) is 0 Å². The summed E-state index contributed by atoms with van der Waals surface area (Å²) in [6.07, 6.45) is 0. The molecular weight excluding hydrogens is 466 g/mol. The van der Waals surface area contributed by atoms with Crippen LogP contribution in [0.4, 0.5) is 11.5 Å². The summed E-state index contributed by atoms with van der Waals surface area (Å²) in [6.45, 7) is 9.67. The fraction of sp³-hybridized carbons (Fsp3) is 0.346. The van der Waals surface area contributed by atoms with E-state index in [0.29, 0.717) is 21.6 Å². The molecule has 0 radical (unpaired) electrons. The largest absolute Gasteiger partial charge is 0.368 e. The number of nitrogens with one attached hydrogen (secondary N) is 1. The fourth-order valence-corrected chi connectivity index (χ4v) is 5.03. The summed E-state index contributed by atoms with van der Waals surface area (Å²) in [6, 6.07) is 18.1. The Morgan fingerprint density at radius 2 is 1.76 bits per heavy atom. The number of aromatic nitrogens is 2. The van der Waals surface area contributed by atoms with Crippen LogP contribution in [0.2, 0.25) is 5.15 Å². The third-order valence-electron chi connectivity index (χ3n) is 5.70. The van der Waals surface area contributed by atoms with Gasteiger partial charge in [0.05, 0.1) is 0 Å². The van der Waals surface area contributed by atoms with Crippen molar-refractivity contribution in [3.05, 3.63) is 76.4 Å². The van der Waals surface area contributed by atoms with E-state index in [4.69, 9.17) is 16.6 Å². The Hall–Kier alpha value is -2.77. The molecule has 1 fully saturated rings. The Kier molecular flexibility index (Phi) is 7.95. The Labute approximate surface area is 210 Å². The van der Waals surface area contributed by atoms with Crippen LogP contribution in [0.5, 0.6) is 0 Å². The number of para-hydroxylation sites is 1. The van der Waals surface area contributed by atoms with E-state index in [-0.39, 0.29) is 11.9 Å². The van der Waals surface area contributed by atoms with Gasteiger partial charge in [-0.25, -0.2) is 9.97 Å². The number of hydrogen-bond acceptors (Lipinski definition) is 6. The minimum absolute atomic E-state index is 0.0621. The molecule has 0 aliphatic carbocycles. The third kappa shape index (κ3) is 6.21. The van der Waals surface area contributed by atoms with E-state index >= 15 is 0 Å². The normalized spacial score (nSPS) is 13.9. The third-order valence-corrected chi connectivity index (χ3v) is 6.81. The van der Waals surface area contributed by atoms with Crippen LogP contribution >= 0.6 is 23.4 Å². The molecule has 0 saturated carbocycles. The summed E-state index contributed by atoms with van der Waals surface area (Å²) in [5, 5.41) is 4.01. The highest BCUT2D eigenvalue weighted by molar-refractivity contribution is 7.98. The highest BCUT2D eigenvalue weighted by Gasteiger charge is 2.20. The molecule has 6 nitrogen and oxygen atoms in total. The molecule has 0 spiro atoms. The van der Waals surface area contributed by atoms with Crippen molar-refractivity contribution in [1.29, 1.82) is 0 Å². The van der Waals surface area contributed by atoms with Gasteiger partial charge in [0.1, 0.15) is 11.0 Å². The summed E-state index contributed by atoms with van der Waals surface area (Å²) in [7, 11) is 0. The van der Waals surface area contributed by atoms with Gasteiger partial charge < -0.3 is 15.1 Å². The topological polar surface area (TPSA) is 61.4 Å². The highest BCUT2D eigenvalue weighted by atomic mass is 35.5. The average molecular weight is 496 g/mol. The molecule has 1 N–H and O–H groups in total. The van der Waals surface area contributed by atoms with E-state index in [0.717, 1.165) is 37.6 Å². The summed E-state index contributed by atoms with van der Waals surface area (Å²) in [5.74, 6) is 1.45. The molecule has 2 heterocycles. The van der Waals surface area contributed by atoms with Crippen molar-refractivity contribution in [3.63, 3.8) is 0 Å². The number of hydrogen-bond donors (Lipinski definition) is 1. The number of halogens is 1. The molecule has 0 atom stereocenters. The summed E-state index contributed by atoms with van der Waals surface area (Å²) < 4.78 is 0. The van der Waals surface area contributed by atoms with E-state index in [1.54, 1.807) is 0 Å². The molecule has 3 aromatic rings. The van der Waals surface area contributed by atoms with Gasteiger partial charge in [0.25, 0.3) is 5.91 Å². The van der Waals surface area contributed by atoms with E-state index in [2.05, 4.69) is 51.3 Å². The first kappa shape index (κ1) is 24.4. The predicted octanol–water partition coefficient (Wildman–Crippen LogP) is 5.20. The number of piperazine rings is 1. The maximum atomic E-state index is 12.3. The Morgan fingerprint density at radius 3 is 2.50 bits per heavy atom. The monoisotopic (exact) mass is 495 g/mol. The van der Waals surface area contributed by atoms with Gasteiger partial charge in [0, 0.05) is 55.3 Å². The Bertz CT molecular complexity index is 1150. The molecule has 0 bridgehead atoms. The molecule has 1 aliphatic rings. The second-order valence-electron chi connectivity index (χ2n) is 8.71. The van der Waals surface area contributed by atoms with Crippen molar-refractivity contribution in [2.45, 2.75) is 37.7 Å². The summed E-state index contributed by atoms with van der Waals surface area (Å²) in [4.78, 5) is 26.2. The molecule has 2 aromatic carbocycles. The van der Waals surface area contributed by atoms with Crippen molar-refractivity contribution >= 4 is 40.8 Å². The van der Waals surface area contributed by atoms with Gasteiger partial charge in [0.15, 0.2) is 5.16 Å². The number of nitrogens with zero attached hydrogens (tertiary/aromatic N) is 4. The number of aryl methyl sites for hydroxylation is 1. The predicted molar refractivity (Wildman–Crippen MR) is 141 cm³/mol. The van der Waals surface area contributed by atoms with E-state index < -0.39 is 0 Å². The van der Waals surface area contributed by atoms with Crippen LogP contribution in [0.3, 0.4) is 0 Å². The number of anilines is 2. The highest BCUT2D eigenvalue weighted by Crippen LogP contribution is 2.27. The number of benzene rings is 2. The molecule has 1 aliphatic heterocycles. The van der Waals surface area contributed by atoms with Crippen molar-refractivity contribution < 1.29 is 4.79 Å². The lowest BCUT2D eigenvalue weighted by molar-refractivity contribution is 0.0943. The van der Waals surface area contributed by atoms with Crippen LogP contribution in [-0.4, -0.2) is 48.1 Å². The minimum Gasteiger partial charge on any atom is -0.368 e. The van der Waals surface area contributed by atoms with Crippen LogP contribution in [0, 0.1) is 6.92 Å². The number of rotatable bonds is 7. The maximum Gasteiger partial charge on any atom is 0.251 e. The minimum atomic E-state index is -0.0621. The van der Waals surface area contributed by atoms with Gasteiger partial charge in [-0.2, -0.15) is 0 Å². The Morgan fingerprint density at radius 1 is 1.03 bits per heavy atom. The first-order valence-corrected chi connectivity index (χ1v) is 12.9. The lowest BCUT2D eigenvalue weighted by Crippen LogP contribution is -2.47. The van der Waals surface area contributed by atoms with Gasteiger partial charge in [-0.1, -0.05) is 53.7 Å². The fourth-order valence-electron chi connectivity index (χ4n) is 4.00. The van der Waals surface area contributed by atoms with E-state index in [1.807, 2.05) is 44.2 Å². The first-order chi connectivity index (χ1) is 16.4. The van der Waals surface area contributed by atoms with Crippen molar-refractivity contribution in [2.75, 3.05) is 36.0 Å². The lowest BCUT2D eigenvalue weighted by atomic mass is 10.1. The second kappa shape index (κ2) is 11.1. The van der Waals surface area contributed by atoms with Crippen LogP contribution in [0.15, 0.2) is 59.8 Å². The van der Waals surface area contributed by atoms with Crippen LogP contribution in [-0.2, 0) is 5.75 Å². The molecule has 1 amide bonds. The lowest BCUT2D eigenvalue weighted by Gasteiger charge is -2.37. The molecule has 34 heavy (non-hydrogen) atoms. The zero-order chi connectivity index (χ0) is 24.1. The zero-order valence-corrected chi connectivity index (χ0v) is 21.4. The SMILES string of the molecule is Cc1ccccc1N1CCN(c2cc(Cl)nc(SCc3cccc(C(=O)NC(C)C)c3)n2)CC1. The van der Waals surface area contributed by atoms with Crippen LogP contribution in [0.1, 0.15) is 35.3 Å². The quantitative estimate of drug-likeness (QED) is 0.276. The van der Waals surface area contributed by atoms with E-state index in [9.17, 15) is 4.79 Å². The molecule has 1 saturated heterocycles. The van der Waals surface area contributed by atoms with E-state index in [1.165, 1.54) is 23.0 Å². The standard InChI is InChI=1S/C26H30ClN5OS/c1-18(2)28-25(33)21-9-6-8-20(15-21)17-34-26-29-23(27)16-24(30-26)32-13-11-31(12-14-32)22-10-5-4-7-19(22)3/h4-10,15-16,18H,11-14,17H2,1-3H3,(H,28,33). The Balaban J connectivity index is 1.39. The zero-order valence-electron chi connectivity index (χ0n) is 19.8. The molecule has 0 unspecified atom stereocenters. The van der Waals surface area contributed by atoms with Gasteiger partial charge in [0.2, 0.25) is 0 Å². The van der Waals surface area contributed by atoms with Crippen molar-refractivity contribution in [3.8, 4) is 0 Å². The summed E-state index contributed by atoms with van der Waals surface area (Å²) >= 11 is 7.88. The van der Waals surface area contributed by atoms with Gasteiger partial charge >= 0.3 is 0 Å². The molecule has 1 aromatic heterocycles. The van der Waals surface area contributed by atoms with Crippen LogP contribution < -0.4 is 15.1 Å². The number of amides is 1. The van der Waals surface area contributed by atoms with Gasteiger partial charge in [-0.3, -0.25) is 4.79 Å². The smallest absolute Gasteiger partial charge is 0.251 e. The molecule has 178 valence electrons. The molecule has 4 rings (SSSR count). The molecular formula is C26H30ClN5OS. The maximum absolute atomic E-state index is 12.3.